The van der Waals surface area contributed by atoms with Crippen molar-refractivity contribution in [3.63, 3.8) is 0 Å². The van der Waals surface area contributed by atoms with Crippen LogP contribution in [0.3, 0.4) is 0 Å². The monoisotopic (exact) mass is 584 g/mol. The highest BCUT2D eigenvalue weighted by atomic mass is 32.2. The summed E-state index contributed by atoms with van der Waals surface area (Å²) in [6.45, 7) is 3.62. The molecule has 0 aliphatic carbocycles. The normalized spacial score (nSPS) is 17.9. The Labute approximate surface area is 238 Å². The molecule has 4 rings (SSSR count). The summed E-state index contributed by atoms with van der Waals surface area (Å²) < 4.78 is 48.6. The van der Waals surface area contributed by atoms with E-state index >= 15 is 0 Å². The van der Waals surface area contributed by atoms with Gasteiger partial charge in [-0.05, 0) is 55.5 Å². The lowest BCUT2D eigenvalue weighted by molar-refractivity contribution is 0.0373. The van der Waals surface area contributed by atoms with Crippen LogP contribution in [-0.2, 0) is 10.0 Å². The largest absolute Gasteiger partial charge is 0.485 e. The van der Waals surface area contributed by atoms with Crippen molar-refractivity contribution in [3.05, 3.63) is 84.2 Å². The third kappa shape index (κ3) is 6.95. The summed E-state index contributed by atoms with van der Waals surface area (Å²) in [5, 5.41) is 12.7. The van der Waals surface area contributed by atoms with Gasteiger partial charge in [-0.2, -0.15) is 0 Å². The van der Waals surface area contributed by atoms with Crippen LogP contribution < -0.4 is 14.8 Å². The molecule has 0 bridgehead atoms. The average Bonchev–Trinajstić information content (AvgIpc) is 2.95. The quantitative estimate of drug-likeness (QED) is 0.367. The standard InChI is InChI=1S/C29H33FN4O6S/c1-19-16-34(20(2)18-35)28(36)24-10-7-11-25(32-41(38,39)23-14-12-21(30)13-15-23)27(24)40-26(19)17-33(3)29(37)31-22-8-5-4-6-9-22/h4-15,19-20,26,32,35H,16-18H2,1-3H3,(H,31,37)/t19-,20-,26+/m1/s1. The summed E-state index contributed by atoms with van der Waals surface area (Å²) in [7, 11) is -2.57. The second kappa shape index (κ2) is 12.6. The van der Waals surface area contributed by atoms with Crippen LogP contribution in [0.2, 0.25) is 0 Å². The average molecular weight is 585 g/mol. The smallest absolute Gasteiger partial charge is 0.321 e. The number of hydrogen-bond donors (Lipinski definition) is 3. The minimum absolute atomic E-state index is 0.00673. The van der Waals surface area contributed by atoms with Gasteiger partial charge in [-0.25, -0.2) is 17.6 Å². The van der Waals surface area contributed by atoms with Gasteiger partial charge in [0.25, 0.3) is 15.9 Å². The van der Waals surface area contributed by atoms with Gasteiger partial charge >= 0.3 is 6.03 Å². The maximum absolute atomic E-state index is 13.6. The van der Waals surface area contributed by atoms with Crippen LogP contribution in [0.5, 0.6) is 5.75 Å². The van der Waals surface area contributed by atoms with Crippen LogP contribution in [0.4, 0.5) is 20.6 Å². The van der Waals surface area contributed by atoms with Crippen LogP contribution >= 0.6 is 0 Å². The van der Waals surface area contributed by atoms with E-state index in [9.17, 15) is 27.5 Å². The van der Waals surface area contributed by atoms with Crippen molar-refractivity contribution in [1.29, 1.82) is 0 Å². The number of likely N-dealkylation sites (N-methyl/N-ethyl adjacent to an activating group) is 1. The Bertz CT molecular complexity index is 1490. The van der Waals surface area contributed by atoms with E-state index in [1.165, 1.54) is 28.0 Å². The first-order valence-corrected chi connectivity index (χ1v) is 14.6. The third-order valence-electron chi connectivity index (χ3n) is 6.88. The summed E-state index contributed by atoms with van der Waals surface area (Å²) in [5.41, 5.74) is 0.720. The SMILES string of the molecule is C[C@@H]1CN([C@H](C)CO)C(=O)c2cccc(NS(=O)(=O)c3ccc(F)cc3)c2O[C@H]1CN(C)C(=O)Nc1ccccc1. The number of ether oxygens (including phenoxy) is 1. The van der Waals surface area contributed by atoms with Gasteiger partial charge in [0.1, 0.15) is 11.9 Å². The zero-order valence-corrected chi connectivity index (χ0v) is 23.8. The lowest BCUT2D eigenvalue weighted by Crippen LogP contribution is -2.50. The lowest BCUT2D eigenvalue weighted by Gasteiger charge is -2.38. The number of urea groups is 1. The van der Waals surface area contributed by atoms with Crippen LogP contribution in [0.1, 0.15) is 24.2 Å². The molecular weight excluding hydrogens is 551 g/mol. The van der Waals surface area contributed by atoms with E-state index in [1.807, 2.05) is 13.0 Å². The van der Waals surface area contributed by atoms with Crippen molar-refractivity contribution >= 4 is 33.3 Å². The highest BCUT2D eigenvalue weighted by molar-refractivity contribution is 7.92. The molecule has 0 fully saturated rings. The summed E-state index contributed by atoms with van der Waals surface area (Å²) in [4.78, 5) is 29.4. The fourth-order valence-electron chi connectivity index (χ4n) is 4.45. The number of nitrogens with one attached hydrogen (secondary N) is 2. The van der Waals surface area contributed by atoms with Crippen LogP contribution in [0, 0.1) is 11.7 Å². The van der Waals surface area contributed by atoms with E-state index in [1.54, 1.807) is 38.2 Å². The zero-order valence-electron chi connectivity index (χ0n) is 23.0. The number of benzene rings is 3. The molecule has 0 aromatic heterocycles. The predicted molar refractivity (Wildman–Crippen MR) is 153 cm³/mol. The molecule has 3 aromatic carbocycles. The van der Waals surface area contributed by atoms with Gasteiger partial charge in [-0.15, -0.1) is 0 Å². The predicted octanol–water partition coefficient (Wildman–Crippen LogP) is 4.01. The highest BCUT2D eigenvalue weighted by Gasteiger charge is 2.35. The van der Waals surface area contributed by atoms with Crippen molar-refractivity contribution in [2.45, 2.75) is 30.9 Å². The Hall–Kier alpha value is -4.16. The topological polar surface area (TPSA) is 128 Å². The van der Waals surface area contributed by atoms with E-state index in [2.05, 4.69) is 10.0 Å². The number of aliphatic hydroxyl groups is 1. The highest BCUT2D eigenvalue weighted by Crippen LogP contribution is 2.36. The van der Waals surface area contributed by atoms with Crippen molar-refractivity contribution in [2.75, 3.05) is 36.8 Å². The number of anilines is 2. The van der Waals surface area contributed by atoms with E-state index in [-0.39, 0.29) is 53.5 Å². The fraction of sp³-hybridized carbons (Fsp3) is 0.310. The number of hydrogen-bond acceptors (Lipinski definition) is 6. The summed E-state index contributed by atoms with van der Waals surface area (Å²) in [6, 6.07) is 16.9. The minimum Gasteiger partial charge on any atom is -0.485 e. The number of fused-ring (bicyclic) bond motifs is 1. The Morgan fingerprint density at radius 2 is 1.80 bits per heavy atom. The van der Waals surface area contributed by atoms with E-state index in [0.717, 1.165) is 24.3 Å². The second-order valence-electron chi connectivity index (χ2n) is 10.0. The van der Waals surface area contributed by atoms with Gasteiger partial charge in [0.15, 0.2) is 5.75 Å². The number of rotatable bonds is 8. The molecule has 41 heavy (non-hydrogen) atoms. The minimum atomic E-state index is -4.17. The number of amides is 3. The lowest BCUT2D eigenvalue weighted by atomic mass is 9.99. The summed E-state index contributed by atoms with van der Waals surface area (Å²) >= 11 is 0. The number of carbonyl (C=O) groups is 2. The molecule has 0 saturated carbocycles. The number of aliphatic hydroxyl groups excluding tert-OH is 1. The molecule has 0 unspecified atom stereocenters. The molecule has 0 radical (unpaired) electrons. The molecular formula is C29H33FN4O6S. The van der Waals surface area contributed by atoms with Crippen molar-refractivity contribution in [2.24, 2.45) is 5.92 Å². The van der Waals surface area contributed by atoms with Crippen LogP contribution in [0.25, 0.3) is 0 Å². The first kappa shape index (κ1) is 29.8. The Morgan fingerprint density at radius 3 is 2.46 bits per heavy atom. The van der Waals surface area contributed by atoms with Gasteiger partial charge < -0.3 is 25.0 Å². The van der Waals surface area contributed by atoms with Crippen molar-refractivity contribution in [3.8, 4) is 5.75 Å². The maximum Gasteiger partial charge on any atom is 0.321 e. The van der Waals surface area contributed by atoms with E-state index in [4.69, 9.17) is 4.74 Å². The molecule has 3 atom stereocenters. The van der Waals surface area contributed by atoms with Gasteiger partial charge in [0.05, 0.1) is 35.3 Å². The number of para-hydroxylation sites is 2. The Morgan fingerprint density at radius 1 is 1.12 bits per heavy atom. The molecule has 0 spiro atoms. The van der Waals surface area contributed by atoms with Crippen LogP contribution in [0.15, 0.2) is 77.7 Å². The molecule has 3 N–H and O–H groups in total. The molecule has 3 aromatic rings. The van der Waals surface area contributed by atoms with Gasteiger partial charge in [-0.1, -0.05) is 31.2 Å². The van der Waals surface area contributed by atoms with Crippen molar-refractivity contribution in [1.82, 2.24) is 9.80 Å². The first-order valence-electron chi connectivity index (χ1n) is 13.1. The number of nitrogens with zero attached hydrogens (tertiary/aromatic N) is 2. The molecule has 12 heteroatoms. The molecule has 1 aliphatic heterocycles. The summed E-state index contributed by atoms with van der Waals surface area (Å²) in [6.07, 6.45) is -0.668. The Balaban J connectivity index is 1.69. The Kier molecular flexibility index (Phi) is 9.14. The maximum atomic E-state index is 13.6. The molecule has 10 nitrogen and oxygen atoms in total. The number of sulfonamides is 1. The molecule has 1 heterocycles. The molecule has 218 valence electrons. The number of halogens is 1. The van der Waals surface area contributed by atoms with Gasteiger partial charge in [0.2, 0.25) is 0 Å². The summed E-state index contributed by atoms with van der Waals surface area (Å²) in [5.74, 6) is -1.36. The molecule has 3 amide bonds. The van der Waals surface area contributed by atoms with E-state index in [0.29, 0.717) is 5.69 Å². The van der Waals surface area contributed by atoms with Gasteiger partial charge in [-0.3, -0.25) is 9.52 Å². The van der Waals surface area contributed by atoms with E-state index < -0.39 is 33.9 Å². The number of carbonyl (C=O) groups excluding carboxylic acids is 2. The fourth-order valence-corrected chi connectivity index (χ4v) is 5.51. The van der Waals surface area contributed by atoms with Crippen LogP contribution in [-0.4, -0.2) is 74.2 Å². The zero-order chi connectivity index (χ0) is 29.7. The third-order valence-corrected chi connectivity index (χ3v) is 8.27. The van der Waals surface area contributed by atoms with Crippen molar-refractivity contribution < 1.29 is 32.2 Å². The molecule has 1 aliphatic rings. The molecule has 0 saturated heterocycles. The van der Waals surface area contributed by atoms with Gasteiger partial charge in [0, 0.05) is 25.2 Å². The first-order chi connectivity index (χ1) is 19.5. The second-order valence-corrected chi connectivity index (χ2v) is 11.7.